The zero-order valence-electron chi connectivity index (χ0n) is 9.99. The van der Waals surface area contributed by atoms with Crippen LogP contribution in [0.2, 0.25) is 0 Å². The molecule has 1 saturated heterocycles. The van der Waals surface area contributed by atoms with Crippen LogP contribution in [-0.4, -0.2) is 25.8 Å². The maximum atomic E-state index is 12.5. The van der Waals surface area contributed by atoms with E-state index in [9.17, 15) is 8.42 Å². The van der Waals surface area contributed by atoms with Gasteiger partial charge in [-0.3, -0.25) is 0 Å². The number of nitrogens with zero attached hydrogens (tertiary/aromatic N) is 1. The number of alkyl halides is 1. The first-order valence-corrected chi connectivity index (χ1v) is 7.61. The highest BCUT2D eigenvalue weighted by molar-refractivity contribution is 7.89. The van der Waals surface area contributed by atoms with Crippen molar-refractivity contribution >= 4 is 21.6 Å². The molecule has 4 nitrogen and oxygen atoms in total. The van der Waals surface area contributed by atoms with Crippen LogP contribution in [0.1, 0.15) is 29.9 Å². The maximum absolute atomic E-state index is 12.5. The molecule has 0 saturated carbocycles. The molecule has 0 radical (unpaired) electrons. The summed E-state index contributed by atoms with van der Waals surface area (Å²) in [4.78, 5) is 0.270. The van der Waals surface area contributed by atoms with Crippen LogP contribution in [0.4, 0.5) is 0 Å². The van der Waals surface area contributed by atoms with Gasteiger partial charge >= 0.3 is 0 Å². The Kier molecular flexibility index (Phi) is 3.52. The van der Waals surface area contributed by atoms with E-state index < -0.39 is 10.0 Å². The summed E-state index contributed by atoms with van der Waals surface area (Å²) in [6.45, 7) is 4.60. The molecular weight excluding hydrogens is 262 g/mol. The molecule has 0 aliphatic carbocycles. The Balaban J connectivity index is 2.52. The van der Waals surface area contributed by atoms with Crippen LogP contribution in [0.5, 0.6) is 0 Å². The quantitative estimate of drug-likeness (QED) is 0.797. The zero-order valence-corrected chi connectivity index (χ0v) is 11.6. The van der Waals surface area contributed by atoms with Crippen LogP contribution in [0.25, 0.3) is 0 Å². The second-order valence-corrected chi connectivity index (χ2v) is 6.41. The Morgan fingerprint density at radius 2 is 1.82 bits per heavy atom. The van der Waals surface area contributed by atoms with Gasteiger partial charge in [-0.1, -0.05) is 0 Å². The van der Waals surface area contributed by atoms with Crippen LogP contribution < -0.4 is 0 Å². The highest BCUT2D eigenvalue weighted by Crippen LogP contribution is 2.31. The van der Waals surface area contributed by atoms with Crippen molar-refractivity contribution in [2.45, 2.75) is 37.5 Å². The minimum atomic E-state index is -3.44. The predicted octanol–water partition coefficient (Wildman–Crippen LogP) is 2.42. The second-order valence-electron chi connectivity index (χ2n) is 4.27. The summed E-state index contributed by atoms with van der Waals surface area (Å²) in [5.74, 6) is 1.19. The molecule has 2 heterocycles. The molecule has 1 aromatic rings. The third-order valence-corrected chi connectivity index (χ3v) is 5.48. The molecule has 0 bridgehead atoms. The fourth-order valence-corrected chi connectivity index (χ4v) is 4.59. The molecule has 1 aromatic heterocycles. The molecule has 0 spiro atoms. The smallest absolute Gasteiger partial charge is 0.246 e. The van der Waals surface area contributed by atoms with Crippen LogP contribution in [0.3, 0.4) is 0 Å². The van der Waals surface area contributed by atoms with Gasteiger partial charge in [0.2, 0.25) is 10.0 Å². The SMILES string of the molecule is Cc1oc(C)c(S(=O)(=O)N2CCCC2)c1CCl. The van der Waals surface area contributed by atoms with Crippen LogP contribution in [0, 0.1) is 13.8 Å². The van der Waals surface area contributed by atoms with Crippen LogP contribution in [-0.2, 0) is 15.9 Å². The van der Waals surface area contributed by atoms with E-state index in [1.807, 2.05) is 0 Å². The van der Waals surface area contributed by atoms with Gasteiger partial charge in [0.25, 0.3) is 0 Å². The van der Waals surface area contributed by atoms with Crippen LogP contribution in [0.15, 0.2) is 9.31 Å². The number of hydrogen-bond acceptors (Lipinski definition) is 3. The maximum Gasteiger partial charge on any atom is 0.246 e. The normalized spacial score (nSPS) is 17.8. The summed E-state index contributed by atoms with van der Waals surface area (Å²) < 4.78 is 31.8. The average molecular weight is 278 g/mol. The number of rotatable bonds is 3. The van der Waals surface area contributed by atoms with Gasteiger partial charge in [0.05, 0.1) is 5.88 Å². The molecule has 1 aliphatic heterocycles. The van der Waals surface area contributed by atoms with Crippen molar-refractivity contribution in [3.8, 4) is 0 Å². The van der Waals surface area contributed by atoms with Crippen molar-refractivity contribution < 1.29 is 12.8 Å². The number of hydrogen-bond donors (Lipinski definition) is 0. The minimum Gasteiger partial charge on any atom is -0.465 e. The molecule has 6 heteroatoms. The van der Waals surface area contributed by atoms with E-state index in [-0.39, 0.29) is 10.8 Å². The molecule has 0 amide bonds. The van der Waals surface area contributed by atoms with E-state index in [2.05, 4.69) is 0 Å². The first kappa shape index (κ1) is 12.9. The summed E-state index contributed by atoms with van der Waals surface area (Å²) in [6, 6.07) is 0. The number of aryl methyl sites for hydroxylation is 2. The van der Waals surface area contributed by atoms with Crippen molar-refractivity contribution in [1.82, 2.24) is 4.31 Å². The Hall–Kier alpha value is -0.520. The molecule has 2 rings (SSSR count). The largest absolute Gasteiger partial charge is 0.465 e. The van der Waals surface area contributed by atoms with E-state index in [0.717, 1.165) is 12.8 Å². The van der Waals surface area contributed by atoms with Crippen molar-refractivity contribution in [3.63, 3.8) is 0 Å². The highest BCUT2D eigenvalue weighted by atomic mass is 35.5. The van der Waals surface area contributed by atoms with Gasteiger partial charge < -0.3 is 4.42 Å². The first-order chi connectivity index (χ1) is 7.98. The lowest BCUT2D eigenvalue weighted by atomic mass is 10.3. The van der Waals surface area contributed by atoms with Gasteiger partial charge in [-0.25, -0.2) is 8.42 Å². The Morgan fingerprint density at radius 1 is 1.24 bits per heavy atom. The third-order valence-electron chi connectivity index (χ3n) is 3.12. The summed E-state index contributed by atoms with van der Waals surface area (Å²) in [5, 5.41) is 0. The zero-order chi connectivity index (χ0) is 12.6. The van der Waals surface area contributed by atoms with Crippen molar-refractivity contribution in [1.29, 1.82) is 0 Å². The summed E-state index contributed by atoms with van der Waals surface area (Å²) >= 11 is 5.82. The summed E-state index contributed by atoms with van der Waals surface area (Å²) in [5.41, 5.74) is 0.594. The minimum absolute atomic E-state index is 0.158. The lowest BCUT2D eigenvalue weighted by molar-refractivity contribution is 0.468. The Labute approximate surface area is 107 Å². The highest BCUT2D eigenvalue weighted by Gasteiger charge is 2.33. The van der Waals surface area contributed by atoms with Gasteiger partial charge in [-0.05, 0) is 26.7 Å². The molecule has 96 valence electrons. The fraction of sp³-hybridized carbons (Fsp3) is 0.636. The fourth-order valence-electron chi connectivity index (χ4n) is 2.26. The van der Waals surface area contributed by atoms with E-state index in [1.165, 1.54) is 4.31 Å². The second kappa shape index (κ2) is 4.63. The third kappa shape index (κ3) is 2.11. The standard InChI is InChI=1S/C11H16ClNO3S/c1-8-10(7-12)11(9(2)16-8)17(14,15)13-5-3-4-6-13/h3-7H2,1-2H3. The molecule has 0 unspecified atom stereocenters. The molecule has 1 fully saturated rings. The molecule has 0 aromatic carbocycles. The monoisotopic (exact) mass is 277 g/mol. The molecule has 0 N–H and O–H groups in total. The lowest BCUT2D eigenvalue weighted by Gasteiger charge is -2.15. The summed E-state index contributed by atoms with van der Waals surface area (Å²) in [7, 11) is -3.44. The van der Waals surface area contributed by atoms with E-state index in [1.54, 1.807) is 13.8 Å². The molecular formula is C11H16ClNO3S. The first-order valence-electron chi connectivity index (χ1n) is 5.63. The number of halogens is 1. The van der Waals surface area contributed by atoms with E-state index >= 15 is 0 Å². The summed E-state index contributed by atoms with van der Waals surface area (Å²) in [6.07, 6.45) is 1.84. The van der Waals surface area contributed by atoms with Gasteiger partial charge in [0, 0.05) is 18.7 Å². The number of sulfonamides is 1. The van der Waals surface area contributed by atoms with Gasteiger partial charge in [0.1, 0.15) is 16.4 Å². The average Bonchev–Trinajstić information content (AvgIpc) is 2.85. The molecule has 17 heavy (non-hydrogen) atoms. The number of furan rings is 1. The van der Waals surface area contributed by atoms with E-state index in [0.29, 0.717) is 30.2 Å². The van der Waals surface area contributed by atoms with Crippen LogP contribution >= 0.6 is 11.6 Å². The Bertz CT molecular complexity index is 515. The Morgan fingerprint density at radius 3 is 2.35 bits per heavy atom. The predicted molar refractivity (Wildman–Crippen MR) is 65.7 cm³/mol. The van der Waals surface area contributed by atoms with E-state index in [4.69, 9.17) is 16.0 Å². The molecule has 0 atom stereocenters. The van der Waals surface area contributed by atoms with Crippen molar-refractivity contribution in [2.24, 2.45) is 0 Å². The van der Waals surface area contributed by atoms with Crippen molar-refractivity contribution in [2.75, 3.05) is 13.1 Å². The topological polar surface area (TPSA) is 50.5 Å². The van der Waals surface area contributed by atoms with Gasteiger partial charge in [-0.15, -0.1) is 11.6 Å². The lowest BCUT2D eigenvalue weighted by Crippen LogP contribution is -2.28. The van der Waals surface area contributed by atoms with Gasteiger partial charge in [-0.2, -0.15) is 4.31 Å². The van der Waals surface area contributed by atoms with Crippen molar-refractivity contribution in [3.05, 3.63) is 17.1 Å². The van der Waals surface area contributed by atoms with Gasteiger partial charge in [0.15, 0.2) is 0 Å². The molecule has 1 aliphatic rings.